The number of hydrogen-bond donors (Lipinski definition) is 2. The van der Waals surface area contributed by atoms with Crippen LogP contribution in [-0.4, -0.2) is 19.6 Å². The summed E-state index contributed by atoms with van der Waals surface area (Å²) in [5, 5.41) is 7.09. The third kappa shape index (κ3) is 5.81. The molecule has 0 radical (unpaired) electrons. The monoisotopic (exact) mass is 184 g/mol. The summed E-state index contributed by atoms with van der Waals surface area (Å²) in [6, 6.07) is 0. The highest BCUT2D eigenvalue weighted by molar-refractivity contribution is 5.97. The quantitative estimate of drug-likeness (QED) is 0.387. The first-order chi connectivity index (χ1) is 6.07. The molecule has 0 rings (SSSR count). The predicted molar refractivity (Wildman–Crippen MR) is 51.3 cm³/mol. The lowest BCUT2D eigenvalue weighted by Gasteiger charge is -1.97. The summed E-state index contributed by atoms with van der Waals surface area (Å²) in [6.07, 6.45) is 4.24. The second-order valence-electron chi connectivity index (χ2n) is 2.32. The van der Waals surface area contributed by atoms with Crippen molar-refractivity contribution in [2.24, 2.45) is 5.73 Å². The molecule has 72 valence electrons. The van der Waals surface area contributed by atoms with Crippen molar-refractivity contribution < 1.29 is 9.13 Å². The van der Waals surface area contributed by atoms with Gasteiger partial charge in [-0.25, -0.2) is 4.39 Å². The Morgan fingerprint density at radius 2 is 2.31 bits per heavy atom. The van der Waals surface area contributed by atoms with E-state index in [-0.39, 0.29) is 11.4 Å². The van der Waals surface area contributed by atoms with Crippen LogP contribution in [0.15, 0.2) is 36.2 Å². The van der Waals surface area contributed by atoms with Gasteiger partial charge in [-0.05, 0) is 6.08 Å². The summed E-state index contributed by atoms with van der Waals surface area (Å²) < 4.78 is 17.1. The van der Waals surface area contributed by atoms with Crippen molar-refractivity contribution in [1.82, 2.24) is 0 Å². The molecule has 0 aliphatic heterocycles. The van der Waals surface area contributed by atoms with Crippen LogP contribution >= 0.6 is 0 Å². The largest absolute Gasteiger partial charge is 0.384 e. The topological polar surface area (TPSA) is 59.1 Å². The zero-order valence-electron chi connectivity index (χ0n) is 7.51. The van der Waals surface area contributed by atoms with E-state index in [2.05, 4.69) is 6.58 Å². The number of amidine groups is 1. The van der Waals surface area contributed by atoms with Crippen LogP contribution in [-0.2, 0) is 4.74 Å². The molecule has 13 heavy (non-hydrogen) atoms. The van der Waals surface area contributed by atoms with Gasteiger partial charge in [-0.3, -0.25) is 5.41 Å². The van der Waals surface area contributed by atoms with Crippen molar-refractivity contribution in [3.05, 3.63) is 36.2 Å². The van der Waals surface area contributed by atoms with Crippen LogP contribution in [0.2, 0.25) is 0 Å². The summed E-state index contributed by atoms with van der Waals surface area (Å²) in [4.78, 5) is 0. The maximum atomic E-state index is 12.3. The first-order valence-corrected chi connectivity index (χ1v) is 3.64. The summed E-state index contributed by atoms with van der Waals surface area (Å²) in [7, 11) is 1.54. The molecule has 0 heterocycles. The molecule has 0 spiro atoms. The summed E-state index contributed by atoms with van der Waals surface area (Å²) in [5.41, 5.74) is 5.46. The number of methoxy groups -OCH3 is 1. The van der Waals surface area contributed by atoms with Crippen LogP contribution in [0.5, 0.6) is 0 Å². The number of allylic oxidation sites excluding steroid dienone is 2. The zero-order valence-corrected chi connectivity index (χ0v) is 7.51. The maximum absolute atomic E-state index is 12.3. The van der Waals surface area contributed by atoms with Crippen LogP contribution in [0, 0.1) is 5.41 Å². The molecule has 0 aliphatic carbocycles. The van der Waals surface area contributed by atoms with E-state index >= 15 is 0 Å². The number of halogens is 1. The molecule has 0 aromatic carbocycles. The van der Waals surface area contributed by atoms with Gasteiger partial charge in [0.2, 0.25) is 0 Å². The van der Waals surface area contributed by atoms with Gasteiger partial charge in [-0.2, -0.15) is 0 Å². The normalized spacial score (nSPS) is 12.0. The van der Waals surface area contributed by atoms with Crippen molar-refractivity contribution in [3.8, 4) is 0 Å². The van der Waals surface area contributed by atoms with E-state index in [4.69, 9.17) is 15.9 Å². The van der Waals surface area contributed by atoms with Gasteiger partial charge in [0.05, 0.1) is 6.61 Å². The molecule has 0 saturated carbocycles. The van der Waals surface area contributed by atoms with E-state index < -0.39 is 5.83 Å². The van der Waals surface area contributed by atoms with Gasteiger partial charge >= 0.3 is 0 Å². The van der Waals surface area contributed by atoms with Crippen LogP contribution < -0.4 is 5.73 Å². The second kappa shape index (κ2) is 6.14. The third-order valence-corrected chi connectivity index (χ3v) is 1.18. The lowest BCUT2D eigenvalue weighted by Crippen LogP contribution is -2.11. The van der Waals surface area contributed by atoms with E-state index in [1.54, 1.807) is 6.08 Å². The summed E-state index contributed by atoms with van der Waals surface area (Å²) in [6.45, 7) is 3.44. The highest BCUT2D eigenvalue weighted by Gasteiger charge is 1.96. The van der Waals surface area contributed by atoms with Crippen molar-refractivity contribution in [3.63, 3.8) is 0 Å². The highest BCUT2D eigenvalue weighted by atomic mass is 19.1. The van der Waals surface area contributed by atoms with E-state index in [9.17, 15) is 4.39 Å². The molecule has 0 fully saturated rings. The molecule has 0 unspecified atom stereocenters. The molecular formula is C9H13FN2O. The van der Waals surface area contributed by atoms with Gasteiger partial charge in [0.25, 0.3) is 0 Å². The molecule has 0 aromatic rings. The Hall–Kier alpha value is -1.42. The van der Waals surface area contributed by atoms with Crippen LogP contribution in [0.3, 0.4) is 0 Å². The fourth-order valence-corrected chi connectivity index (χ4v) is 0.656. The number of nitrogens with two attached hydrogens (primary N) is 1. The SMILES string of the molecule is C=C(F)/C=C(\C=C/COC)C(=N)N. The smallest absolute Gasteiger partial charge is 0.122 e. The van der Waals surface area contributed by atoms with E-state index in [1.807, 2.05) is 0 Å². The lowest BCUT2D eigenvalue weighted by molar-refractivity contribution is 0.234. The van der Waals surface area contributed by atoms with Crippen molar-refractivity contribution in [2.45, 2.75) is 0 Å². The Morgan fingerprint density at radius 3 is 2.69 bits per heavy atom. The van der Waals surface area contributed by atoms with E-state index in [0.29, 0.717) is 6.61 Å². The number of hydrogen-bond acceptors (Lipinski definition) is 2. The Labute approximate surface area is 76.9 Å². The van der Waals surface area contributed by atoms with Crippen molar-refractivity contribution in [1.29, 1.82) is 5.41 Å². The molecule has 0 aliphatic rings. The van der Waals surface area contributed by atoms with Crippen molar-refractivity contribution in [2.75, 3.05) is 13.7 Å². The van der Waals surface area contributed by atoms with Gasteiger partial charge in [0, 0.05) is 12.7 Å². The van der Waals surface area contributed by atoms with Gasteiger partial charge in [0.1, 0.15) is 11.7 Å². The van der Waals surface area contributed by atoms with Crippen molar-refractivity contribution >= 4 is 5.84 Å². The third-order valence-electron chi connectivity index (χ3n) is 1.18. The second-order valence-corrected chi connectivity index (χ2v) is 2.32. The number of nitrogens with one attached hydrogen (secondary N) is 1. The molecular weight excluding hydrogens is 171 g/mol. The molecule has 3 nitrogen and oxygen atoms in total. The van der Waals surface area contributed by atoms with Gasteiger partial charge in [-0.15, -0.1) is 0 Å². The average molecular weight is 184 g/mol. The Bertz CT molecular complexity index is 256. The first-order valence-electron chi connectivity index (χ1n) is 3.64. The first kappa shape index (κ1) is 11.6. The summed E-state index contributed by atoms with van der Waals surface area (Å²) in [5.74, 6) is -0.835. The van der Waals surface area contributed by atoms with E-state index in [0.717, 1.165) is 6.08 Å². The van der Waals surface area contributed by atoms with Crippen LogP contribution in [0.1, 0.15) is 0 Å². The minimum absolute atomic E-state index is 0.203. The molecule has 0 bridgehead atoms. The number of rotatable bonds is 5. The Kier molecular flexibility index (Phi) is 5.47. The highest BCUT2D eigenvalue weighted by Crippen LogP contribution is 2.03. The Morgan fingerprint density at radius 1 is 1.69 bits per heavy atom. The molecule has 0 amide bonds. The Balaban J connectivity index is 4.44. The average Bonchev–Trinajstić information content (AvgIpc) is 2.02. The molecule has 4 heteroatoms. The predicted octanol–water partition coefficient (Wildman–Crippen LogP) is 1.53. The van der Waals surface area contributed by atoms with Gasteiger partial charge < -0.3 is 10.5 Å². The number of ether oxygens (including phenoxy) is 1. The zero-order chi connectivity index (χ0) is 10.3. The van der Waals surface area contributed by atoms with Gasteiger partial charge in [0.15, 0.2) is 0 Å². The lowest BCUT2D eigenvalue weighted by atomic mass is 10.2. The van der Waals surface area contributed by atoms with E-state index in [1.165, 1.54) is 13.2 Å². The minimum atomic E-state index is -0.632. The molecule has 0 aromatic heterocycles. The summed E-state index contributed by atoms with van der Waals surface area (Å²) >= 11 is 0. The maximum Gasteiger partial charge on any atom is 0.122 e. The van der Waals surface area contributed by atoms with Crippen LogP contribution in [0.25, 0.3) is 0 Å². The molecule has 3 N–H and O–H groups in total. The fourth-order valence-electron chi connectivity index (χ4n) is 0.656. The molecule has 0 saturated heterocycles. The van der Waals surface area contributed by atoms with Gasteiger partial charge in [-0.1, -0.05) is 18.7 Å². The molecule has 0 atom stereocenters. The standard InChI is InChI=1S/C9H13FN2O/c1-7(10)6-8(9(11)12)4-3-5-13-2/h3-4,6H,1,5H2,2H3,(H3,11,12)/b4-3-,8-6+. The van der Waals surface area contributed by atoms with Crippen LogP contribution in [0.4, 0.5) is 4.39 Å². The fraction of sp³-hybridized carbons (Fsp3) is 0.222. The minimum Gasteiger partial charge on any atom is -0.384 e.